The van der Waals surface area contributed by atoms with E-state index in [1.807, 2.05) is 6.92 Å². The summed E-state index contributed by atoms with van der Waals surface area (Å²) in [5.74, 6) is 0.768. The van der Waals surface area contributed by atoms with E-state index in [9.17, 15) is 0 Å². The van der Waals surface area contributed by atoms with Crippen LogP contribution < -0.4 is 10.1 Å². The summed E-state index contributed by atoms with van der Waals surface area (Å²) < 4.78 is 11.0. The molecule has 4 nitrogen and oxygen atoms in total. The number of rotatable bonds is 6. The van der Waals surface area contributed by atoms with Gasteiger partial charge in [0.2, 0.25) is 5.88 Å². The summed E-state index contributed by atoms with van der Waals surface area (Å²) in [6, 6.07) is 2.10. The molecule has 0 atom stereocenters. The predicted molar refractivity (Wildman–Crippen MR) is 70.9 cm³/mol. The average Bonchev–Trinajstić information content (AvgIpc) is 2.27. The second kappa shape index (κ2) is 6.16. The lowest BCUT2D eigenvalue weighted by atomic mass is 10.1. The Morgan fingerprint density at radius 2 is 2.22 bits per heavy atom. The van der Waals surface area contributed by atoms with E-state index < -0.39 is 0 Å². The minimum atomic E-state index is 0.170. The maximum absolute atomic E-state index is 5.90. The third-order valence-corrected chi connectivity index (χ3v) is 3.05. The number of nitrogens with one attached hydrogen (secondary N) is 1. The fourth-order valence-corrected chi connectivity index (χ4v) is 1.97. The van der Waals surface area contributed by atoms with E-state index >= 15 is 0 Å². The molecule has 2 heterocycles. The molecule has 1 aromatic heterocycles. The van der Waals surface area contributed by atoms with Crippen molar-refractivity contribution in [2.45, 2.75) is 39.8 Å². The van der Waals surface area contributed by atoms with Crippen molar-refractivity contribution in [2.24, 2.45) is 0 Å². The number of ether oxygens (including phenoxy) is 2. The molecule has 1 N–H and O–H groups in total. The monoisotopic (exact) mass is 250 g/mol. The highest BCUT2D eigenvalue weighted by Crippen LogP contribution is 2.23. The summed E-state index contributed by atoms with van der Waals surface area (Å²) in [7, 11) is 0. The fourth-order valence-electron chi connectivity index (χ4n) is 1.97. The van der Waals surface area contributed by atoms with Crippen molar-refractivity contribution < 1.29 is 9.47 Å². The van der Waals surface area contributed by atoms with E-state index in [1.165, 1.54) is 11.1 Å². The van der Waals surface area contributed by atoms with Crippen LogP contribution in [0.4, 0.5) is 0 Å². The van der Waals surface area contributed by atoms with Crippen LogP contribution in [-0.2, 0) is 11.3 Å². The van der Waals surface area contributed by atoms with Crippen LogP contribution in [0.1, 0.15) is 30.2 Å². The molecule has 2 rings (SSSR count). The number of aromatic nitrogens is 1. The maximum atomic E-state index is 5.90. The van der Waals surface area contributed by atoms with E-state index in [2.05, 4.69) is 30.2 Å². The highest BCUT2D eigenvalue weighted by molar-refractivity contribution is 5.36. The van der Waals surface area contributed by atoms with Crippen molar-refractivity contribution in [1.29, 1.82) is 0 Å². The summed E-state index contributed by atoms with van der Waals surface area (Å²) >= 11 is 0. The smallest absolute Gasteiger partial charge is 0.218 e. The van der Waals surface area contributed by atoms with Crippen LogP contribution in [0.15, 0.2) is 6.07 Å². The number of pyridine rings is 1. The molecule has 0 spiro atoms. The van der Waals surface area contributed by atoms with Gasteiger partial charge in [0.1, 0.15) is 6.10 Å². The van der Waals surface area contributed by atoms with Crippen LogP contribution in [0.5, 0.6) is 5.88 Å². The number of hydrogen-bond acceptors (Lipinski definition) is 4. The van der Waals surface area contributed by atoms with E-state index in [4.69, 9.17) is 9.47 Å². The molecule has 0 saturated carbocycles. The summed E-state index contributed by atoms with van der Waals surface area (Å²) in [6.45, 7) is 9.46. The van der Waals surface area contributed by atoms with Crippen LogP contribution in [0.3, 0.4) is 0 Å². The molecule has 0 amide bonds. The lowest BCUT2D eigenvalue weighted by Gasteiger charge is -2.27. The fraction of sp³-hybridized carbons (Fsp3) is 0.643. The molecular formula is C14H22N2O2. The lowest BCUT2D eigenvalue weighted by Crippen LogP contribution is -2.39. The Hall–Kier alpha value is -1.13. The molecule has 18 heavy (non-hydrogen) atoms. The number of hydrogen-bond donors (Lipinski definition) is 1. The number of nitrogens with zero attached hydrogens (tertiary/aromatic N) is 1. The van der Waals surface area contributed by atoms with Crippen LogP contribution in [0.25, 0.3) is 0 Å². The van der Waals surface area contributed by atoms with Crippen LogP contribution in [0.2, 0.25) is 0 Å². The Kier molecular flexibility index (Phi) is 4.55. The van der Waals surface area contributed by atoms with Crippen molar-refractivity contribution in [3.8, 4) is 5.88 Å². The summed E-state index contributed by atoms with van der Waals surface area (Å²) in [6.07, 6.45) is 1.30. The molecule has 0 unspecified atom stereocenters. The Morgan fingerprint density at radius 3 is 2.83 bits per heavy atom. The van der Waals surface area contributed by atoms with E-state index in [0.29, 0.717) is 13.2 Å². The van der Waals surface area contributed by atoms with Gasteiger partial charge in [-0.1, -0.05) is 6.92 Å². The first-order valence-corrected chi connectivity index (χ1v) is 6.63. The van der Waals surface area contributed by atoms with Crippen LogP contribution in [0, 0.1) is 13.8 Å². The van der Waals surface area contributed by atoms with E-state index in [0.717, 1.165) is 31.1 Å². The zero-order chi connectivity index (χ0) is 13.0. The Morgan fingerprint density at radius 1 is 1.44 bits per heavy atom. The van der Waals surface area contributed by atoms with Gasteiger partial charge in [-0.15, -0.1) is 0 Å². The highest BCUT2D eigenvalue weighted by atomic mass is 16.6. The topological polar surface area (TPSA) is 43.4 Å². The minimum Gasteiger partial charge on any atom is -0.469 e. The molecule has 4 heteroatoms. The maximum Gasteiger partial charge on any atom is 0.218 e. The highest BCUT2D eigenvalue weighted by Gasteiger charge is 2.22. The molecular weight excluding hydrogens is 228 g/mol. The van der Waals surface area contributed by atoms with Crippen LogP contribution >= 0.6 is 0 Å². The van der Waals surface area contributed by atoms with Gasteiger partial charge in [0.15, 0.2) is 0 Å². The van der Waals surface area contributed by atoms with Gasteiger partial charge in [-0.05, 0) is 38.4 Å². The summed E-state index contributed by atoms with van der Waals surface area (Å²) in [4.78, 5) is 4.52. The first kappa shape index (κ1) is 13.3. The summed E-state index contributed by atoms with van der Waals surface area (Å²) in [5.41, 5.74) is 3.41. The standard InChI is InChI=1S/C14H22N2O2/c1-4-5-15-7-13-10(2)6-11(3)16-14(13)18-12-8-17-9-12/h6,12,15H,4-5,7-9H2,1-3H3. The third-order valence-electron chi connectivity index (χ3n) is 3.05. The Bertz CT molecular complexity index is 403. The Labute approximate surface area is 109 Å². The predicted octanol–water partition coefficient (Wildman–Crippen LogP) is 1.98. The number of aryl methyl sites for hydroxylation is 2. The average molecular weight is 250 g/mol. The second-order valence-corrected chi connectivity index (χ2v) is 4.82. The Balaban J connectivity index is 2.12. The van der Waals surface area contributed by atoms with Gasteiger partial charge in [-0.25, -0.2) is 4.98 Å². The van der Waals surface area contributed by atoms with Gasteiger partial charge in [0.25, 0.3) is 0 Å². The first-order chi connectivity index (χ1) is 8.70. The van der Waals surface area contributed by atoms with Crippen molar-refractivity contribution in [2.75, 3.05) is 19.8 Å². The van der Waals surface area contributed by atoms with E-state index in [1.54, 1.807) is 0 Å². The van der Waals surface area contributed by atoms with Gasteiger partial charge in [-0.2, -0.15) is 0 Å². The minimum absolute atomic E-state index is 0.170. The second-order valence-electron chi connectivity index (χ2n) is 4.82. The van der Waals surface area contributed by atoms with Crippen molar-refractivity contribution in [1.82, 2.24) is 10.3 Å². The van der Waals surface area contributed by atoms with E-state index in [-0.39, 0.29) is 6.10 Å². The SMILES string of the molecule is CCCNCc1c(C)cc(C)nc1OC1COC1. The molecule has 0 aromatic carbocycles. The van der Waals surface area contributed by atoms with Crippen molar-refractivity contribution in [3.63, 3.8) is 0 Å². The molecule has 0 radical (unpaired) electrons. The molecule has 0 bridgehead atoms. The van der Waals surface area contributed by atoms with Gasteiger partial charge in [0, 0.05) is 17.8 Å². The van der Waals surface area contributed by atoms with Gasteiger partial charge in [0.05, 0.1) is 13.2 Å². The third kappa shape index (κ3) is 3.21. The molecule has 1 saturated heterocycles. The van der Waals surface area contributed by atoms with Gasteiger partial charge in [-0.3, -0.25) is 0 Å². The lowest BCUT2D eigenvalue weighted by molar-refractivity contribution is -0.0817. The zero-order valence-corrected chi connectivity index (χ0v) is 11.5. The van der Waals surface area contributed by atoms with Crippen molar-refractivity contribution in [3.05, 3.63) is 22.9 Å². The largest absolute Gasteiger partial charge is 0.469 e. The quantitative estimate of drug-likeness (QED) is 0.784. The van der Waals surface area contributed by atoms with Crippen molar-refractivity contribution >= 4 is 0 Å². The van der Waals surface area contributed by atoms with Gasteiger partial charge < -0.3 is 14.8 Å². The first-order valence-electron chi connectivity index (χ1n) is 6.63. The molecule has 1 aliphatic heterocycles. The molecule has 100 valence electrons. The molecule has 1 fully saturated rings. The summed E-state index contributed by atoms with van der Waals surface area (Å²) in [5, 5.41) is 3.41. The molecule has 0 aliphatic carbocycles. The van der Waals surface area contributed by atoms with Gasteiger partial charge >= 0.3 is 0 Å². The molecule has 1 aliphatic rings. The van der Waals surface area contributed by atoms with Crippen LogP contribution in [-0.4, -0.2) is 30.8 Å². The normalized spacial score (nSPS) is 15.5. The molecule has 1 aromatic rings. The zero-order valence-electron chi connectivity index (χ0n) is 11.5.